The average molecular weight is 420 g/mol. The van der Waals surface area contributed by atoms with E-state index in [0.717, 1.165) is 17.0 Å². The minimum atomic E-state index is -1.03. The van der Waals surface area contributed by atoms with Gasteiger partial charge in [-0.2, -0.15) is 0 Å². The van der Waals surface area contributed by atoms with E-state index in [2.05, 4.69) is 9.97 Å². The highest BCUT2D eigenvalue weighted by Crippen LogP contribution is 2.36. The topological polar surface area (TPSA) is 63.3 Å². The quantitative estimate of drug-likeness (QED) is 0.458. The van der Waals surface area contributed by atoms with E-state index in [1.165, 1.54) is 12.1 Å². The average Bonchev–Trinajstić information content (AvgIpc) is 3.57. The molecule has 1 aliphatic rings. The van der Waals surface area contributed by atoms with E-state index in [4.69, 9.17) is 14.2 Å². The van der Waals surface area contributed by atoms with Crippen molar-refractivity contribution in [2.24, 2.45) is 0 Å². The van der Waals surface area contributed by atoms with Crippen molar-refractivity contribution in [1.29, 1.82) is 0 Å². The zero-order valence-corrected chi connectivity index (χ0v) is 16.7. The summed E-state index contributed by atoms with van der Waals surface area (Å²) in [6.07, 6.45) is 10.3. The van der Waals surface area contributed by atoms with Crippen molar-refractivity contribution in [3.63, 3.8) is 0 Å². The van der Waals surface area contributed by atoms with Crippen LogP contribution < -0.4 is 4.74 Å². The summed E-state index contributed by atoms with van der Waals surface area (Å²) < 4.78 is 35.6. The van der Waals surface area contributed by atoms with E-state index < -0.39 is 5.79 Å². The molecule has 158 valence electrons. The number of hydrogen-bond donors (Lipinski definition) is 0. The summed E-state index contributed by atoms with van der Waals surface area (Å²) >= 11 is 0. The van der Waals surface area contributed by atoms with Crippen LogP contribution in [0.5, 0.6) is 5.75 Å². The van der Waals surface area contributed by atoms with Crippen LogP contribution in [0.15, 0.2) is 86.0 Å². The first-order valence-corrected chi connectivity index (χ1v) is 9.95. The Morgan fingerprint density at radius 1 is 1.00 bits per heavy atom. The minimum absolute atomic E-state index is 0.276. The number of benzene rings is 2. The predicted molar refractivity (Wildman–Crippen MR) is 110 cm³/mol. The van der Waals surface area contributed by atoms with Crippen LogP contribution in [0.1, 0.15) is 5.56 Å². The van der Waals surface area contributed by atoms with Crippen molar-refractivity contribution in [2.45, 2.75) is 18.4 Å². The van der Waals surface area contributed by atoms with Gasteiger partial charge in [0.25, 0.3) is 0 Å². The Kier molecular flexibility index (Phi) is 5.23. The highest BCUT2D eigenvalue weighted by molar-refractivity contribution is 5.37. The van der Waals surface area contributed by atoms with Crippen molar-refractivity contribution >= 4 is 0 Å². The SMILES string of the molecule is Fc1ccc(C2(Cn3ccnc3)OCC(COc3ccc(-n4ccnc4)cc3)O2)cc1. The summed E-state index contributed by atoms with van der Waals surface area (Å²) in [6, 6.07) is 13.9. The second kappa shape index (κ2) is 8.33. The summed E-state index contributed by atoms with van der Waals surface area (Å²) in [4.78, 5) is 8.14. The van der Waals surface area contributed by atoms with Gasteiger partial charge in [-0.15, -0.1) is 0 Å². The van der Waals surface area contributed by atoms with E-state index in [1.807, 2.05) is 45.8 Å². The Balaban J connectivity index is 1.27. The number of rotatable bonds is 7. The van der Waals surface area contributed by atoms with Gasteiger partial charge in [-0.3, -0.25) is 0 Å². The fraction of sp³-hybridized carbons (Fsp3) is 0.217. The molecule has 2 unspecified atom stereocenters. The molecule has 0 amide bonds. The van der Waals surface area contributed by atoms with Crippen molar-refractivity contribution < 1.29 is 18.6 Å². The van der Waals surface area contributed by atoms with Crippen molar-refractivity contribution in [2.75, 3.05) is 13.2 Å². The number of ether oxygens (including phenoxy) is 3. The molecule has 5 rings (SSSR count). The Hall–Kier alpha value is -3.49. The van der Waals surface area contributed by atoms with Gasteiger partial charge in [0.15, 0.2) is 0 Å². The Bertz CT molecular complexity index is 1100. The Morgan fingerprint density at radius 3 is 2.48 bits per heavy atom. The summed E-state index contributed by atoms with van der Waals surface area (Å²) in [7, 11) is 0. The molecule has 0 spiro atoms. The number of aromatic nitrogens is 4. The molecule has 0 radical (unpaired) electrons. The lowest BCUT2D eigenvalue weighted by Crippen LogP contribution is -2.34. The van der Waals surface area contributed by atoms with Crippen molar-refractivity contribution in [1.82, 2.24) is 19.1 Å². The van der Waals surface area contributed by atoms with Gasteiger partial charge in [-0.1, -0.05) is 12.1 Å². The molecule has 0 N–H and O–H groups in total. The lowest BCUT2D eigenvalue weighted by atomic mass is 10.1. The highest BCUT2D eigenvalue weighted by Gasteiger charge is 2.44. The maximum absolute atomic E-state index is 13.5. The highest BCUT2D eigenvalue weighted by atomic mass is 19.1. The molecular weight excluding hydrogens is 399 g/mol. The third-order valence-corrected chi connectivity index (χ3v) is 5.17. The van der Waals surface area contributed by atoms with E-state index in [-0.39, 0.29) is 11.9 Å². The fourth-order valence-electron chi connectivity index (χ4n) is 3.61. The summed E-state index contributed by atoms with van der Waals surface area (Å²) in [5.41, 5.74) is 1.75. The summed E-state index contributed by atoms with van der Waals surface area (Å²) in [5, 5.41) is 0. The van der Waals surface area contributed by atoms with E-state index >= 15 is 0 Å². The molecule has 2 atom stereocenters. The van der Waals surface area contributed by atoms with E-state index in [0.29, 0.717) is 19.8 Å². The number of hydrogen-bond acceptors (Lipinski definition) is 5. The molecule has 2 aromatic heterocycles. The third-order valence-electron chi connectivity index (χ3n) is 5.17. The van der Waals surface area contributed by atoms with Crippen molar-refractivity contribution in [3.8, 4) is 11.4 Å². The zero-order chi connectivity index (χ0) is 21.1. The molecule has 3 heterocycles. The van der Waals surface area contributed by atoms with Crippen LogP contribution in [0.4, 0.5) is 4.39 Å². The van der Waals surface area contributed by atoms with Gasteiger partial charge < -0.3 is 23.3 Å². The standard InChI is InChI=1S/C23H21FN4O3/c24-19-3-1-18(2-4-19)23(15-27-11-9-25-16-27)30-14-22(31-23)13-29-21-7-5-20(6-8-21)28-12-10-26-17-28/h1-12,16-17,22H,13-15H2. The monoisotopic (exact) mass is 420 g/mol. The van der Waals surface area contributed by atoms with Gasteiger partial charge in [0, 0.05) is 36.0 Å². The maximum atomic E-state index is 13.5. The summed E-state index contributed by atoms with van der Waals surface area (Å²) in [6.45, 7) is 1.09. The molecule has 1 saturated heterocycles. The number of halogens is 1. The number of imidazole rings is 2. The van der Waals surface area contributed by atoms with Gasteiger partial charge in [-0.05, 0) is 36.4 Å². The minimum Gasteiger partial charge on any atom is -0.491 e. The first-order valence-electron chi connectivity index (χ1n) is 9.95. The predicted octanol–water partition coefficient (Wildman–Crippen LogP) is 3.56. The fourth-order valence-corrected chi connectivity index (χ4v) is 3.61. The molecule has 0 aliphatic carbocycles. The zero-order valence-electron chi connectivity index (χ0n) is 16.7. The smallest absolute Gasteiger partial charge is 0.214 e. The normalized spacial score (nSPS) is 20.7. The number of nitrogens with zero attached hydrogens (tertiary/aromatic N) is 4. The Labute approximate surface area is 178 Å². The van der Waals surface area contributed by atoms with Crippen LogP contribution in [-0.4, -0.2) is 38.4 Å². The van der Waals surface area contributed by atoms with Crippen LogP contribution in [0.25, 0.3) is 5.69 Å². The first-order chi connectivity index (χ1) is 15.2. The van der Waals surface area contributed by atoms with Crippen LogP contribution in [0.3, 0.4) is 0 Å². The lowest BCUT2D eigenvalue weighted by molar-refractivity contribution is -0.189. The first kappa shape index (κ1) is 19.5. The molecule has 7 nitrogen and oxygen atoms in total. The molecule has 0 bridgehead atoms. The molecule has 1 fully saturated rings. The van der Waals surface area contributed by atoms with E-state index in [9.17, 15) is 4.39 Å². The van der Waals surface area contributed by atoms with Gasteiger partial charge in [0.2, 0.25) is 5.79 Å². The third kappa shape index (κ3) is 4.21. The molecule has 4 aromatic rings. The van der Waals surface area contributed by atoms with Crippen LogP contribution >= 0.6 is 0 Å². The van der Waals surface area contributed by atoms with Crippen LogP contribution in [0.2, 0.25) is 0 Å². The lowest BCUT2D eigenvalue weighted by Gasteiger charge is -2.29. The van der Waals surface area contributed by atoms with Crippen LogP contribution in [-0.2, 0) is 21.8 Å². The van der Waals surface area contributed by atoms with Gasteiger partial charge >= 0.3 is 0 Å². The second-order valence-electron chi connectivity index (χ2n) is 7.32. The molecule has 8 heteroatoms. The van der Waals surface area contributed by atoms with Gasteiger partial charge in [0.1, 0.15) is 24.3 Å². The Morgan fingerprint density at radius 2 is 1.77 bits per heavy atom. The largest absolute Gasteiger partial charge is 0.491 e. The van der Waals surface area contributed by atoms with Crippen LogP contribution in [0, 0.1) is 5.82 Å². The molecule has 31 heavy (non-hydrogen) atoms. The second-order valence-corrected chi connectivity index (χ2v) is 7.32. The van der Waals surface area contributed by atoms with Gasteiger partial charge in [-0.25, -0.2) is 14.4 Å². The molecule has 0 saturated carbocycles. The van der Waals surface area contributed by atoms with E-state index in [1.54, 1.807) is 37.2 Å². The summed E-state index contributed by atoms with van der Waals surface area (Å²) in [5.74, 6) is -0.604. The molecule has 1 aliphatic heterocycles. The maximum Gasteiger partial charge on any atom is 0.214 e. The van der Waals surface area contributed by atoms with Gasteiger partial charge in [0.05, 0.1) is 25.8 Å². The van der Waals surface area contributed by atoms with Crippen molar-refractivity contribution in [3.05, 3.63) is 97.4 Å². The molecule has 2 aromatic carbocycles. The molecular formula is C23H21FN4O3.